The van der Waals surface area contributed by atoms with Crippen molar-refractivity contribution in [2.24, 2.45) is 0 Å². The third-order valence-electron chi connectivity index (χ3n) is 4.63. The average Bonchev–Trinajstić information content (AvgIpc) is 2.85. The van der Waals surface area contributed by atoms with Crippen LogP contribution in [-0.2, 0) is 18.7 Å². The molecule has 0 aromatic heterocycles. The van der Waals surface area contributed by atoms with Crippen LogP contribution in [0.5, 0.6) is 0 Å². The van der Waals surface area contributed by atoms with E-state index in [2.05, 4.69) is 50.3 Å². The van der Waals surface area contributed by atoms with Gasteiger partial charge < -0.3 is 4.43 Å². The van der Waals surface area contributed by atoms with Crippen molar-refractivity contribution in [3.05, 3.63) is 6.67 Å². The normalized spacial score (nSPS) is 18.4. The van der Waals surface area contributed by atoms with Crippen molar-refractivity contribution in [2.45, 2.75) is 51.7 Å². The third kappa shape index (κ3) is 8.40. The third-order valence-corrected chi connectivity index (χ3v) is 9.77. The Morgan fingerprint density at radius 1 is 1.04 bits per heavy atom. The van der Waals surface area contributed by atoms with E-state index in [1.807, 2.05) is 0 Å². The fourth-order valence-corrected chi connectivity index (χ4v) is 3.64. The second kappa shape index (κ2) is 9.09. The Bertz CT molecular complexity index is 477. The summed E-state index contributed by atoms with van der Waals surface area (Å²) in [4.78, 5) is 4.28. The van der Waals surface area contributed by atoms with Crippen LogP contribution < -0.4 is 0 Å². The summed E-state index contributed by atoms with van der Waals surface area (Å²) in [5.74, 6) is 0. The lowest BCUT2D eigenvalue weighted by molar-refractivity contribution is 0.245. The molecule has 24 heavy (non-hydrogen) atoms. The lowest BCUT2D eigenvalue weighted by Crippen LogP contribution is -2.41. The maximum Gasteiger partial charge on any atom is 0.264 e. The topological polar surface area (TPSA) is 59.1 Å². The van der Waals surface area contributed by atoms with Crippen LogP contribution in [-0.4, -0.2) is 72.2 Å². The van der Waals surface area contributed by atoms with Crippen molar-refractivity contribution in [2.75, 3.05) is 45.6 Å². The molecule has 8 heteroatoms. The number of nitrogens with zero attached hydrogens (tertiary/aromatic N) is 2. The maximum atomic E-state index is 10.9. The minimum atomic E-state index is -3.33. The van der Waals surface area contributed by atoms with E-state index in [1.165, 1.54) is 0 Å². The van der Waals surface area contributed by atoms with Gasteiger partial charge in [0.1, 0.15) is 6.67 Å². The van der Waals surface area contributed by atoms with Crippen molar-refractivity contribution in [1.29, 1.82) is 0 Å². The molecule has 0 bridgehead atoms. The van der Waals surface area contributed by atoms with Gasteiger partial charge in [-0.25, -0.2) is 0 Å². The summed E-state index contributed by atoms with van der Waals surface area (Å²) in [6, 6.07) is 0. The molecule has 0 aromatic carbocycles. The highest BCUT2D eigenvalue weighted by molar-refractivity contribution is 7.85. The van der Waals surface area contributed by atoms with E-state index in [4.69, 9.17) is 8.61 Å². The summed E-state index contributed by atoms with van der Waals surface area (Å²) in [5.41, 5.74) is 0. The Labute approximate surface area is 149 Å². The van der Waals surface area contributed by atoms with Crippen molar-refractivity contribution < 1.29 is 17.0 Å². The van der Waals surface area contributed by atoms with Crippen LogP contribution in [0.25, 0.3) is 0 Å². The summed E-state index contributed by atoms with van der Waals surface area (Å²) in [6.07, 6.45) is 2.77. The van der Waals surface area contributed by atoms with Gasteiger partial charge >= 0.3 is 0 Å². The SMILES string of the molecule is CC(C)(C)[Si](C)(C)OCCCN1[C]N(CCCOS(C)(=O)=O)CC1. The first-order valence-corrected chi connectivity index (χ1v) is 13.4. The molecule has 2 radical (unpaired) electrons. The van der Waals surface area contributed by atoms with E-state index >= 15 is 0 Å². The van der Waals surface area contributed by atoms with E-state index in [9.17, 15) is 8.42 Å². The molecule has 1 fully saturated rings. The molecule has 6 nitrogen and oxygen atoms in total. The quantitative estimate of drug-likeness (QED) is 0.330. The predicted octanol–water partition coefficient (Wildman–Crippen LogP) is 2.38. The van der Waals surface area contributed by atoms with Gasteiger partial charge in [-0.15, -0.1) is 0 Å². The smallest absolute Gasteiger partial charge is 0.264 e. The van der Waals surface area contributed by atoms with Gasteiger partial charge in [0.05, 0.1) is 12.9 Å². The van der Waals surface area contributed by atoms with Gasteiger partial charge in [-0.1, -0.05) is 20.8 Å². The summed E-state index contributed by atoms with van der Waals surface area (Å²) >= 11 is 0. The fraction of sp³-hybridized carbons (Fsp3) is 0.938. The monoisotopic (exact) mass is 378 g/mol. The molecular weight excluding hydrogens is 344 g/mol. The Hall–Kier alpha value is 0.00688. The second-order valence-electron chi connectivity index (χ2n) is 7.92. The summed E-state index contributed by atoms with van der Waals surface area (Å²) in [7, 11) is -4.97. The Morgan fingerprint density at radius 2 is 1.54 bits per heavy atom. The minimum Gasteiger partial charge on any atom is -0.417 e. The minimum absolute atomic E-state index is 0.233. The van der Waals surface area contributed by atoms with Gasteiger partial charge in [0.15, 0.2) is 8.32 Å². The van der Waals surface area contributed by atoms with Crippen LogP contribution in [0.15, 0.2) is 0 Å². The van der Waals surface area contributed by atoms with Crippen LogP contribution in [0.2, 0.25) is 18.1 Å². The van der Waals surface area contributed by atoms with E-state index in [0.29, 0.717) is 6.42 Å². The molecule has 0 amide bonds. The van der Waals surface area contributed by atoms with Crippen LogP contribution >= 0.6 is 0 Å². The molecule has 0 aromatic rings. The molecule has 1 aliphatic heterocycles. The largest absolute Gasteiger partial charge is 0.417 e. The molecule has 0 aliphatic carbocycles. The van der Waals surface area contributed by atoms with Crippen LogP contribution in [0.1, 0.15) is 33.6 Å². The highest BCUT2D eigenvalue weighted by atomic mass is 32.2. The van der Waals surface area contributed by atoms with E-state index in [-0.39, 0.29) is 11.6 Å². The lowest BCUT2D eigenvalue weighted by Gasteiger charge is -2.36. The summed E-state index contributed by atoms with van der Waals surface area (Å²) in [5, 5.41) is 0.254. The molecular formula is C16H34N2O4SSi. The first-order valence-electron chi connectivity index (χ1n) is 8.65. The van der Waals surface area contributed by atoms with Gasteiger partial charge in [0.25, 0.3) is 10.1 Å². The average molecular weight is 379 g/mol. The van der Waals surface area contributed by atoms with Gasteiger partial charge in [0, 0.05) is 32.8 Å². The van der Waals surface area contributed by atoms with E-state index in [1.54, 1.807) is 0 Å². The molecule has 0 spiro atoms. The Kier molecular flexibility index (Phi) is 8.35. The van der Waals surface area contributed by atoms with Gasteiger partial charge in [-0.2, -0.15) is 8.42 Å². The van der Waals surface area contributed by atoms with Crippen LogP contribution in [0.4, 0.5) is 0 Å². The molecule has 0 saturated carbocycles. The molecule has 0 unspecified atom stereocenters. The van der Waals surface area contributed by atoms with Crippen molar-refractivity contribution in [3.63, 3.8) is 0 Å². The van der Waals surface area contributed by atoms with Crippen molar-refractivity contribution in [3.8, 4) is 0 Å². The molecule has 0 N–H and O–H groups in total. The number of rotatable bonds is 10. The molecule has 1 heterocycles. The standard InChI is InChI=1S/C16H34N2O4SSi/c1-16(2,3)24(5,6)22-14-8-10-18-12-11-17(15-18)9-7-13-21-23(4,19)20/h7-14H2,1-6H3. The Morgan fingerprint density at radius 3 is 2.00 bits per heavy atom. The molecule has 0 atom stereocenters. The van der Waals surface area contributed by atoms with Crippen molar-refractivity contribution in [1.82, 2.24) is 9.80 Å². The molecule has 142 valence electrons. The predicted molar refractivity (Wildman–Crippen MR) is 99.6 cm³/mol. The highest BCUT2D eigenvalue weighted by Gasteiger charge is 2.36. The lowest BCUT2D eigenvalue weighted by atomic mass is 10.2. The second-order valence-corrected chi connectivity index (χ2v) is 14.4. The molecule has 1 saturated heterocycles. The fourth-order valence-electron chi connectivity index (χ4n) is 2.13. The van der Waals surface area contributed by atoms with Crippen LogP contribution in [0.3, 0.4) is 0 Å². The zero-order chi connectivity index (χ0) is 18.4. The highest BCUT2D eigenvalue weighted by Crippen LogP contribution is 2.36. The zero-order valence-corrected chi connectivity index (χ0v) is 17.9. The van der Waals surface area contributed by atoms with E-state index < -0.39 is 18.4 Å². The van der Waals surface area contributed by atoms with E-state index in [0.717, 1.165) is 45.5 Å². The summed E-state index contributed by atoms with van der Waals surface area (Å²) in [6.45, 7) is 19.3. The zero-order valence-electron chi connectivity index (χ0n) is 16.1. The first kappa shape index (κ1) is 22.0. The van der Waals surface area contributed by atoms with Gasteiger partial charge in [-0.3, -0.25) is 14.0 Å². The molecule has 1 aliphatic rings. The summed E-state index contributed by atoms with van der Waals surface area (Å²) < 4.78 is 32.7. The van der Waals surface area contributed by atoms with Gasteiger partial charge in [-0.05, 0) is 31.0 Å². The first-order chi connectivity index (χ1) is 10.9. The Balaban J connectivity index is 2.13. The number of hydrogen-bond acceptors (Lipinski definition) is 6. The van der Waals surface area contributed by atoms with Crippen molar-refractivity contribution >= 4 is 18.4 Å². The van der Waals surface area contributed by atoms with Crippen LogP contribution in [0, 0.1) is 6.67 Å². The van der Waals surface area contributed by atoms with Gasteiger partial charge in [0.2, 0.25) is 0 Å². The molecule has 1 rings (SSSR count). The maximum absolute atomic E-state index is 10.9. The number of hydrogen-bond donors (Lipinski definition) is 0.